The van der Waals surface area contributed by atoms with Crippen LogP contribution in [0.15, 0.2) is 84.9 Å². The molecule has 0 aromatic heterocycles. The molecule has 0 saturated carbocycles. The van der Waals surface area contributed by atoms with E-state index in [1.807, 2.05) is 66.7 Å². The third kappa shape index (κ3) is 3.86. The monoisotopic (exact) mass is 372 g/mol. The summed E-state index contributed by atoms with van der Waals surface area (Å²) in [6.45, 7) is 2.34. The summed E-state index contributed by atoms with van der Waals surface area (Å²) < 4.78 is 5.61. The Kier molecular flexibility index (Phi) is 5.29. The van der Waals surface area contributed by atoms with Crippen LogP contribution in [0.2, 0.25) is 0 Å². The molecule has 1 aliphatic rings. The van der Waals surface area contributed by atoms with E-state index in [1.165, 1.54) is 0 Å². The molecule has 3 aromatic carbocycles. The van der Waals surface area contributed by atoms with Crippen molar-refractivity contribution in [2.24, 2.45) is 0 Å². The second-order valence-corrected chi connectivity index (χ2v) is 7.12. The molecule has 4 heteroatoms. The predicted molar refractivity (Wildman–Crippen MR) is 112 cm³/mol. The molecule has 1 heterocycles. The van der Waals surface area contributed by atoms with Crippen molar-refractivity contribution in [3.05, 3.63) is 96.1 Å². The summed E-state index contributed by atoms with van der Waals surface area (Å²) >= 11 is 0. The number of hydrogen-bond acceptors (Lipinski definition) is 3. The third-order valence-electron chi connectivity index (χ3n) is 5.11. The first-order valence-electron chi connectivity index (χ1n) is 9.63. The molecule has 4 nitrogen and oxygen atoms in total. The maximum Gasteiger partial charge on any atom is 0.414 e. The minimum absolute atomic E-state index is 0.0272. The van der Waals surface area contributed by atoms with E-state index >= 15 is 0 Å². The van der Waals surface area contributed by atoms with E-state index in [0.29, 0.717) is 0 Å². The molecule has 1 aliphatic heterocycles. The quantitative estimate of drug-likeness (QED) is 0.632. The minimum atomic E-state index is -0.304. The van der Waals surface area contributed by atoms with Gasteiger partial charge < -0.3 is 10.1 Å². The van der Waals surface area contributed by atoms with Gasteiger partial charge in [-0.2, -0.15) is 0 Å². The summed E-state index contributed by atoms with van der Waals surface area (Å²) in [7, 11) is 0. The molecular formula is C24H24N2O2. The number of ether oxygens (including phenoxy) is 1. The lowest BCUT2D eigenvalue weighted by Gasteiger charge is -2.39. The van der Waals surface area contributed by atoms with Crippen molar-refractivity contribution < 1.29 is 9.53 Å². The van der Waals surface area contributed by atoms with Crippen LogP contribution in [0.25, 0.3) is 0 Å². The number of rotatable bonds is 4. The highest BCUT2D eigenvalue weighted by molar-refractivity contribution is 5.90. The van der Waals surface area contributed by atoms with Crippen LogP contribution in [0, 0.1) is 0 Å². The molecule has 0 aliphatic carbocycles. The normalized spacial score (nSPS) is 18.2. The smallest absolute Gasteiger partial charge is 0.414 e. The van der Waals surface area contributed by atoms with Crippen molar-refractivity contribution in [1.29, 1.82) is 0 Å². The fourth-order valence-electron chi connectivity index (χ4n) is 3.75. The molecule has 1 N–H and O–H groups in total. The molecule has 1 amide bonds. The Morgan fingerprint density at radius 1 is 0.964 bits per heavy atom. The van der Waals surface area contributed by atoms with E-state index < -0.39 is 0 Å². The van der Waals surface area contributed by atoms with Crippen LogP contribution in [0.5, 0.6) is 0 Å². The van der Waals surface area contributed by atoms with Gasteiger partial charge >= 0.3 is 6.09 Å². The fourth-order valence-corrected chi connectivity index (χ4v) is 3.75. The van der Waals surface area contributed by atoms with Crippen molar-refractivity contribution in [2.45, 2.75) is 32.0 Å². The molecule has 4 rings (SSSR count). The summed E-state index contributed by atoms with van der Waals surface area (Å²) in [6, 6.07) is 28.2. The van der Waals surface area contributed by atoms with Crippen LogP contribution in [0.3, 0.4) is 0 Å². The maximum absolute atomic E-state index is 12.9. The number of hydrogen-bond donors (Lipinski definition) is 1. The lowest BCUT2D eigenvalue weighted by atomic mass is 9.92. The molecule has 0 fully saturated rings. The molecule has 28 heavy (non-hydrogen) atoms. The number of anilines is 2. The van der Waals surface area contributed by atoms with Crippen molar-refractivity contribution in [1.82, 2.24) is 0 Å². The van der Waals surface area contributed by atoms with E-state index in [1.54, 1.807) is 4.90 Å². The predicted octanol–water partition coefficient (Wildman–Crippen LogP) is 5.78. The minimum Gasteiger partial charge on any atom is -0.444 e. The van der Waals surface area contributed by atoms with E-state index in [9.17, 15) is 4.79 Å². The Morgan fingerprint density at radius 2 is 1.61 bits per heavy atom. The summed E-state index contributed by atoms with van der Waals surface area (Å²) in [5.41, 5.74) is 4.08. The van der Waals surface area contributed by atoms with Gasteiger partial charge in [-0.25, -0.2) is 4.79 Å². The highest BCUT2D eigenvalue weighted by atomic mass is 16.6. The van der Waals surface area contributed by atoms with E-state index in [-0.39, 0.29) is 24.8 Å². The maximum atomic E-state index is 12.9. The number of nitrogens with zero attached hydrogens (tertiary/aromatic N) is 1. The summed E-state index contributed by atoms with van der Waals surface area (Å²) in [5.74, 6) is 0. The largest absolute Gasteiger partial charge is 0.444 e. The number of para-hydroxylation sites is 2. The van der Waals surface area contributed by atoms with E-state index in [0.717, 1.165) is 28.9 Å². The number of benzene rings is 3. The molecule has 0 saturated heterocycles. The third-order valence-corrected chi connectivity index (χ3v) is 5.11. The SMILES string of the molecule is CC1CC(Nc2ccccc2)c2ccccc2N1C(=O)OCc1ccccc1. The lowest BCUT2D eigenvalue weighted by Crippen LogP contribution is -2.44. The molecule has 142 valence electrons. The van der Waals surface area contributed by atoms with Gasteiger partial charge in [0.05, 0.1) is 11.7 Å². The van der Waals surface area contributed by atoms with Gasteiger partial charge in [0.15, 0.2) is 0 Å². The zero-order valence-corrected chi connectivity index (χ0v) is 15.9. The number of carbonyl (C=O) groups excluding carboxylic acids is 1. The average molecular weight is 372 g/mol. The Hall–Kier alpha value is -3.27. The fraction of sp³-hybridized carbons (Fsp3) is 0.208. The second-order valence-electron chi connectivity index (χ2n) is 7.12. The van der Waals surface area contributed by atoms with Crippen molar-refractivity contribution in [3.63, 3.8) is 0 Å². The molecule has 0 spiro atoms. The highest BCUT2D eigenvalue weighted by Gasteiger charge is 2.34. The van der Waals surface area contributed by atoms with E-state index in [4.69, 9.17) is 4.74 Å². The van der Waals surface area contributed by atoms with Crippen LogP contribution in [-0.4, -0.2) is 12.1 Å². The Labute approximate surface area is 165 Å². The molecule has 0 bridgehead atoms. The van der Waals surface area contributed by atoms with Gasteiger partial charge in [-0.15, -0.1) is 0 Å². The number of fused-ring (bicyclic) bond motifs is 1. The van der Waals surface area contributed by atoms with Gasteiger partial charge in [0.25, 0.3) is 0 Å². The number of nitrogens with one attached hydrogen (secondary N) is 1. The van der Waals surface area contributed by atoms with E-state index in [2.05, 4.69) is 30.4 Å². The van der Waals surface area contributed by atoms with Crippen LogP contribution >= 0.6 is 0 Å². The van der Waals surface area contributed by atoms with Gasteiger partial charge in [0, 0.05) is 11.7 Å². The zero-order valence-electron chi connectivity index (χ0n) is 15.9. The number of amides is 1. The van der Waals surface area contributed by atoms with Gasteiger partial charge in [0.1, 0.15) is 6.61 Å². The average Bonchev–Trinajstić information content (AvgIpc) is 2.74. The van der Waals surface area contributed by atoms with Crippen molar-refractivity contribution in [3.8, 4) is 0 Å². The Morgan fingerprint density at radius 3 is 2.36 bits per heavy atom. The molecule has 0 radical (unpaired) electrons. The summed E-state index contributed by atoms with van der Waals surface area (Å²) in [5, 5.41) is 3.61. The Balaban J connectivity index is 1.54. The topological polar surface area (TPSA) is 41.6 Å². The van der Waals surface area contributed by atoms with Gasteiger partial charge in [-0.05, 0) is 42.7 Å². The lowest BCUT2D eigenvalue weighted by molar-refractivity contribution is 0.144. The van der Waals surface area contributed by atoms with Crippen molar-refractivity contribution in [2.75, 3.05) is 10.2 Å². The summed E-state index contributed by atoms with van der Waals surface area (Å²) in [6.07, 6.45) is 0.508. The molecule has 2 unspecified atom stereocenters. The van der Waals surface area contributed by atoms with Gasteiger partial charge in [0.2, 0.25) is 0 Å². The van der Waals surface area contributed by atoms with Crippen LogP contribution < -0.4 is 10.2 Å². The van der Waals surface area contributed by atoms with Gasteiger partial charge in [-0.3, -0.25) is 4.90 Å². The molecular weight excluding hydrogens is 348 g/mol. The molecule has 3 aromatic rings. The molecule has 2 atom stereocenters. The zero-order chi connectivity index (χ0) is 19.3. The number of carbonyl (C=O) groups is 1. The first-order chi connectivity index (χ1) is 13.7. The Bertz CT molecular complexity index is 928. The first kappa shape index (κ1) is 18.1. The van der Waals surface area contributed by atoms with Crippen LogP contribution in [0.4, 0.5) is 16.2 Å². The van der Waals surface area contributed by atoms with Crippen LogP contribution in [0.1, 0.15) is 30.5 Å². The van der Waals surface area contributed by atoms with Crippen molar-refractivity contribution >= 4 is 17.5 Å². The van der Waals surface area contributed by atoms with Gasteiger partial charge in [-0.1, -0.05) is 66.7 Å². The summed E-state index contributed by atoms with van der Waals surface area (Å²) in [4.78, 5) is 14.7. The standard InChI is InChI=1S/C24H24N2O2/c1-18-16-22(25-20-12-6-3-7-13-20)21-14-8-9-15-23(21)26(18)24(27)28-17-19-10-4-2-5-11-19/h2-15,18,22,25H,16-17H2,1H3. The second kappa shape index (κ2) is 8.17. The first-order valence-corrected chi connectivity index (χ1v) is 9.63. The van der Waals surface area contributed by atoms with Crippen LogP contribution in [-0.2, 0) is 11.3 Å². The highest BCUT2D eigenvalue weighted by Crippen LogP contribution is 2.39.